The second-order valence-corrected chi connectivity index (χ2v) is 9.04. The summed E-state index contributed by atoms with van der Waals surface area (Å²) in [5.74, 6) is -0.181. The van der Waals surface area contributed by atoms with Crippen molar-refractivity contribution in [3.05, 3.63) is 115 Å². The number of benzene rings is 3. The molecule has 1 aliphatic heterocycles. The molecule has 0 bridgehead atoms. The quantitative estimate of drug-likeness (QED) is 0.357. The molecule has 2 heterocycles. The number of amides is 1. The Kier molecular flexibility index (Phi) is 5.34. The predicted octanol–water partition coefficient (Wildman–Crippen LogP) is 6.37. The van der Waals surface area contributed by atoms with E-state index in [-0.39, 0.29) is 23.6 Å². The van der Waals surface area contributed by atoms with Crippen molar-refractivity contribution in [2.24, 2.45) is 0 Å². The van der Waals surface area contributed by atoms with Crippen LogP contribution in [0.2, 0.25) is 5.02 Å². The highest BCUT2D eigenvalue weighted by Gasteiger charge is 2.42. The predicted molar refractivity (Wildman–Crippen MR) is 131 cm³/mol. The first kappa shape index (κ1) is 21.5. The average Bonchev–Trinajstić information content (AvgIpc) is 3.09. The van der Waals surface area contributed by atoms with Gasteiger partial charge in [0.15, 0.2) is 5.43 Å². The maximum atomic E-state index is 13.7. The van der Waals surface area contributed by atoms with Crippen molar-refractivity contribution >= 4 is 28.5 Å². The van der Waals surface area contributed by atoms with Gasteiger partial charge in [0, 0.05) is 11.6 Å². The molecule has 0 saturated heterocycles. The summed E-state index contributed by atoms with van der Waals surface area (Å²) in [5, 5.41) is 1.08. The molecule has 0 N–H and O–H groups in total. The number of nitrogens with zero attached hydrogens (tertiary/aromatic N) is 1. The molecular weight excluding hydrogens is 434 g/mol. The third-order valence-electron chi connectivity index (χ3n) is 6.58. The van der Waals surface area contributed by atoms with Gasteiger partial charge >= 0.3 is 0 Å². The van der Waals surface area contributed by atoms with Crippen LogP contribution in [0.4, 0.5) is 0 Å². The van der Waals surface area contributed by atoms with E-state index < -0.39 is 6.04 Å². The summed E-state index contributed by atoms with van der Waals surface area (Å²) in [6, 6.07) is 18.7. The zero-order valence-corrected chi connectivity index (χ0v) is 19.6. The first-order valence-corrected chi connectivity index (χ1v) is 11.5. The minimum Gasteiger partial charge on any atom is -0.450 e. The summed E-state index contributed by atoms with van der Waals surface area (Å²) < 4.78 is 6.10. The maximum absolute atomic E-state index is 13.7. The van der Waals surface area contributed by atoms with Gasteiger partial charge in [-0.2, -0.15) is 0 Å². The van der Waals surface area contributed by atoms with Gasteiger partial charge in [0.25, 0.3) is 5.91 Å². The van der Waals surface area contributed by atoms with Crippen LogP contribution in [-0.4, -0.2) is 10.8 Å². The van der Waals surface area contributed by atoms with Crippen molar-refractivity contribution in [3.8, 4) is 0 Å². The molecule has 0 aliphatic carbocycles. The van der Waals surface area contributed by atoms with E-state index in [4.69, 9.17) is 16.0 Å². The Bertz CT molecular complexity index is 1450. The molecule has 1 atom stereocenters. The number of carbonyl (C=O) groups excluding carboxylic acids is 1. The smallest absolute Gasteiger partial charge is 0.291 e. The van der Waals surface area contributed by atoms with Gasteiger partial charge in [-0.15, -0.1) is 0 Å². The molecule has 4 nitrogen and oxygen atoms in total. The van der Waals surface area contributed by atoms with Crippen molar-refractivity contribution < 1.29 is 9.21 Å². The van der Waals surface area contributed by atoms with Crippen LogP contribution < -0.4 is 5.43 Å². The molecule has 5 rings (SSSR count). The fourth-order valence-electron chi connectivity index (χ4n) is 4.53. The van der Waals surface area contributed by atoms with Gasteiger partial charge in [-0.3, -0.25) is 9.59 Å². The second kappa shape index (κ2) is 8.20. The van der Waals surface area contributed by atoms with Crippen molar-refractivity contribution in [1.29, 1.82) is 0 Å². The molecule has 3 aromatic carbocycles. The standard InChI is InChI=1S/C28H24ClNO3/c1-4-18-9-11-19(12-10-18)25-24-26(31)21-13-16(2)17(3)14-23(21)33-27(24)28(32)30(25)15-20-7-5-6-8-22(20)29/h5-14,25H,4,15H2,1-3H3. The van der Waals surface area contributed by atoms with Crippen molar-refractivity contribution in [2.45, 2.75) is 39.8 Å². The van der Waals surface area contributed by atoms with E-state index in [0.717, 1.165) is 28.7 Å². The molecule has 0 saturated carbocycles. The molecule has 1 aromatic heterocycles. The molecule has 0 spiro atoms. The SMILES string of the molecule is CCc1ccc(C2c3c(oc4cc(C)c(C)cc4c3=O)C(=O)N2Cc2ccccc2Cl)cc1. The summed E-state index contributed by atoms with van der Waals surface area (Å²) in [6.45, 7) is 6.30. The number of carbonyl (C=O) groups is 1. The van der Waals surface area contributed by atoms with Gasteiger partial charge < -0.3 is 9.32 Å². The average molecular weight is 458 g/mol. The fourth-order valence-corrected chi connectivity index (χ4v) is 4.73. The first-order valence-electron chi connectivity index (χ1n) is 11.1. The molecular formula is C28H24ClNO3. The van der Waals surface area contributed by atoms with Crippen LogP contribution in [0.25, 0.3) is 11.0 Å². The van der Waals surface area contributed by atoms with E-state index in [1.54, 1.807) is 11.0 Å². The van der Waals surface area contributed by atoms with E-state index in [1.807, 2.05) is 68.4 Å². The Hall–Kier alpha value is -3.37. The summed E-state index contributed by atoms with van der Waals surface area (Å²) in [5.41, 5.74) is 5.58. The number of rotatable bonds is 4. The Balaban J connectivity index is 1.74. The van der Waals surface area contributed by atoms with Gasteiger partial charge in [0.2, 0.25) is 5.76 Å². The summed E-state index contributed by atoms with van der Waals surface area (Å²) in [6.07, 6.45) is 0.912. The summed E-state index contributed by atoms with van der Waals surface area (Å²) in [4.78, 5) is 29.0. The third-order valence-corrected chi connectivity index (χ3v) is 6.95. The van der Waals surface area contributed by atoms with Gasteiger partial charge in [-0.05, 0) is 66.3 Å². The molecule has 0 radical (unpaired) electrons. The minimum absolute atomic E-state index is 0.118. The Morgan fingerprint density at radius 2 is 1.67 bits per heavy atom. The molecule has 5 heteroatoms. The van der Waals surface area contributed by atoms with E-state index >= 15 is 0 Å². The van der Waals surface area contributed by atoms with Crippen LogP contribution in [0.1, 0.15) is 56.9 Å². The van der Waals surface area contributed by atoms with E-state index in [1.165, 1.54) is 5.56 Å². The van der Waals surface area contributed by atoms with E-state index in [0.29, 0.717) is 21.6 Å². The van der Waals surface area contributed by atoms with Gasteiger partial charge in [-0.1, -0.05) is 61.0 Å². The monoisotopic (exact) mass is 457 g/mol. The lowest BCUT2D eigenvalue weighted by atomic mass is 9.96. The van der Waals surface area contributed by atoms with Crippen LogP contribution in [0.15, 0.2) is 69.9 Å². The minimum atomic E-state index is -0.545. The highest BCUT2D eigenvalue weighted by Crippen LogP contribution is 2.40. The second-order valence-electron chi connectivity index (χ2n) is 8.63. The molecule has 4 aromatic rings. The highest BCUT2D eigenvalue weighted by molar-refractivity contribution is 6.31. The number of hydrogen-bond acceptors (Lipinski definition) is 3. The van der Waals surface area contributed by atoms with E-state index in [9.17, 15) is 9.59 Å². The molecule has 33 heavy (non-hydrogen) atoms. The summed E-state index contributed by atoms with van der Waals surface area (Å²) in [7, 11) is 0. The van der Waals surface area contributed by atoms with Crippen LogP contribution in [0.3, 0.4) is 0 Å². The zero-order chi connectivity index (χ0) is 23.3. The first-order chi connectivity index (χ1) is 15.9. The molecule has 1 amide bonds. The summed E-state index contributed by atoms with van der Waals surface area (Å²) >= 11 is 6.42. The number of halogens is 1. The Morgan fingerprint density at radius 1 is 0.970 bits per heavy atom. The lowest BCUT2D eigenvalue weighted by molar-refractivity contribution is 0.0714. The fraction of sp³-hybridized carbons (Fsp3) is 0.214. The number of fused-ring (bicyclic) bond motifs is 2. The lowest BCUT2D eigenvalue weighted by Gasteiger charge is -2.25. The normalized spacial score (nSPS) is 15.3. The largest absolute Gasteiger partial charge is 0.450 e. The third kappa shape index (κ3) is 3.55. The van der Waals surface area contributed by atoms with Crippen molar-refractivity contribution in [2.75, 3.05) is 0 Å². The van der Waals surface area contributed by atoms with Crippen molar-refractivity contribution in [1.82, 2.24) is 4.90 Å². The van der Waals surface area contributed by atoms with E-state index in [2.05, 4.69) is 6.92 Å². The lowest BCUT2D eigenvalue weighted by Crippen LogP contribution is -2.29. The van der Waals surface area contributed by atoms with Crippen LogP contribution in [-0.2, 0) is 13.0 Å². The molecule has 1 unspecified atom stereocenters. The number of hydrogen-bond donors (Lipinski definition) is 0. The maximum Gasteiger partial charge on any atom is 0.291 e. The topological polar surface area (TPSA) is 50.5 Å². The molecule has 0 fully saturated rings. The Morgan fingerprint density at radius 3 is 2.36 bits per heavy atom. The Labute approximate surface area is 197 Å². The molecule has 166 valence electrons. The zero-order valence-electron chi connectivity index (χ0n) is 18.8. The van der Waals surface area contributed by atoms with Gasteiger partial charge in [0.1, 0.15) is 5.58 Å². The number of aryl methyl sites for hydroxylation is 3. The van der Waals surface area contributed by atoms with Crippen LogP contribution in [0.5, 0.6) is 0 Å². The highest BCUT2D eigenvalue weighted by atomic mass is 35.5. The molecule has 1 aliphatic rings. The van der Waals surface area contributed by atoms with Gasteiger partial charge in [-0.25, -0.2) is 0 Å². The van der Waals surface area contributed by atoms with Crippen LogP contribution in [0, 0.1) is 13.8 Å². The van der Waals surface area contributed by atoms with Crippen molar-refractivity contribution in [3.63, 3.8) is 0 Å². The van der Waals surface area contributed by atoms with Gasteiger partial charge in [0.05, 0.1) is 17.0 Å². The van der Waals surface area contributed by atoms with Crippen LogP contribution >= 0.6 is 11.6 Å².